The van der Waals surface area contributed by atoms with E-state index in [1.807, 2.05) is 0 Å². The largest absolute Gasteiger partial charge is 0.462 e. The number of carbonyl (C=O) groups is 3. The molecule has 0 bridgehead atoms. The summed E-state index contributed by atoms with van der Waals surface area (Å²) in [5, 5.41) is 0. The molecule has 0 aromatic rings. The number of carbonyl (C=O) groups excluding carboxylic acids is 3. The van der Waals surface area contributed by atoms with Crippen molar-refractivity contribution in [1.29, 1.82) is 0 Å². The number of hydrogen-bond donors (Lipinski definition) is 0. The van der Waals surface area contributed by atoms with Gasteiger partial charge in [-0.05, 0) is 148 Å². The molecule has 0 heterocycles. The van der Waals surface area contributed by atoms with Gasteiger partial charge < -0.3 is 14.2 Å². The van der Waals surface area contributed by atoms with Crippen LogP contribution in [0.4, 0.5) is 0 Å². The molecule has 0 aliphatic heterocycles. The van der Waals surface area contributed by atoms with Crippen molar-refractivity contribution in [3.8, 4) is 0 Å². The molecule has 1 unspecified atom stereocenters. The number of ether oxygens (including phenoxy) is 3. The van der Waals surface area contributed by atoms with Gasteiger partial charge in [0.05, 0.1) is 0 Å². The molecule has 0 aliphatic rings. The lowest BCUT2D eigenvalue weighted by Crippen LogP contribution is -2.30. The van der Waals surface area contributed by atoms with Crippen LogP contribution < -0.4 is 0 Å². The zero-order valence-electron chi connectivity index (χ0n) is 53.4. The van der Waals surface area contributed by atoms with Crippen molar-refractivity contribution < 1.29 is 28.6 Å². The van der Waals surface area contributed by atoms with Crippen molar-refractivity contribution in [3.05, 3.63) is 170 Å². The van der Waals surface area contributed by atoms with Crippen LogP contribution in [0.3, 0.4) is 0 Å². The van der Waals surface area contributed by atoms with Crippen LogP contribution in [0.15, 0.2) is 170 Å². The van der Waals surface area contributed by atoms with E-state index in [0.29, 0.717) is 25.7 Å². The fourth-order valence-electron chi connectivity index (χ4n) is 8.78. The Balaban J connectivity index is 4.37. The van der Waals surface area contributed by atoms with Crippen LogP contribution in [-0.2, 0) is 28.6 Å². The lowest BCUT2D eigenvalue weighted by atomic mass is 10.0. The molecule has 0 aromatic carbocycles. The third-order valence-electron chi connectivity index (χ3n) is 13.7. The summed E-state index contributed by atoms with van der Waals surface area (Å²) in [6.07, 6.45) is 102. The van der Waals surface area contributed by atoms with E-state index >= 15 is 0 Å². The van der Waals surface area contributed by atoms with Crippen molar-refractivity contribution in [2.75, 3.05) is 13.2 Å². The molecule has 0 N–H and O–H groups in total. The van der Waals surface area contributed by atoms with E-state index in [2.05, 4.69) is 191 Å². The van der Waals surface area contributed by atoms with Gasteiger partial charge in [-0.2, -0.15) is 0 Å². The summed E-state index contributed by atoms with van der Waals surface area (Å²) in [6, 6.07) is 0. The molecule has 0 aliphatic carbocycles. The minimum absolute atomic E-state index is 0.105. The predicted molar refractivity (Wildman–Crippen MR) is 361 cm³/mol. The molecular weight excluding hydrogens is 1020 g/mol. The normalized spacial score (nSPS) is 13.2. The number of rotatable bonds is 59. The second-order valence-corrected chi connectivity index (χ2v) is 21.6. The molecule has 0 rings (SSSR count). The van der Waals surface area contributed by atoms with Crippen molar-refractivity contribution in [2.45, 2.75) is 284 Å². The first kappa shape index (κ1) is 77.8. The molecule has 0 saturated heterocycles. The molecule has 0 fully saturated rings. The Morgan fingerprint density at radius 2 is 0.434 bits per heavy atom. The minimum atomic E-state index is -0.813. The summed E-state index contributed by atoms with van der Waals surface area (Å²) < 4.78 is 16.9. The Labute approximate surface area is 511 Å². The maximum atomic E-state index is 12.9. The summed E-state index contributed by atoms with van der Waals surface area (Å²) in [7, 11) is 0. The lowest BCUT2D eigenvalue weighted by Gasteiger charge is -2.18. The van der Waals surface area contributed by atoms with Gasteiger partial charge in [-0.15, -0.1) is 0 Å². The molecule has 1 atom stereocenters. The monoisotopic (exact) mass is 1140 g/mol. The van der Waals surface area contributed by atoms with Gasteiger partial charge in [0.2, 0.25) is 0 Å². The third kappa shape index (κ3) is 67.4. The van der Waals surface area contributed by atoms with Gasteiger partial charge in [0.15, 0.2) is 6.10 Å². The molecule has 83 heavy (non-hydrogen) atoms. The molecule has 0 amide bonds. The van der Waals surface area contributed by atoms with Gasteiger partial charge in [-0.1, -0.05) is 281 Å². The Bertz CT molecular complexity index is 1890. The predicted octanol–water partition coefficient (Wildman–Crippen LogP) is 23.4. The van der Waals surface area contributed by atoms with Gasteiger partial charge in [0.1, 0.15) is 13.2 Å². The first-order chi connectivity index (χ1) is 41.0. The lowest BCUT2D eigenvalue weighted by molar-refractivity contribution is -0.167. The van der Waals surface area contributed by atoms with Gasteiger partial charge in [0, 0.05) is 19.3 Å². The Morgan fingerprint density at radius 1 is 0.241 bits per heavy atom. The van der Waals surface area contributed by atoms with E-state index < -0.39 is 6.10 Å². The first-order valence-electron chi connectivity index (χ1n) is 33.6. The Hall–Kier alpha value is -5.23. The van der Waals surface area contributed by atoms with Crippen LogP contribution in [0.2, 0.25) is 0 Å². The highest BCUT2D eigenvalue weighted by atomic mass is 16.6. The van der Waals surface area contributed by atoms with E-state index in [9.17, 15) is 14.4 Å². The molecule has 0 aromatic heterocycles. The first-order valence-corrected chi connectivity index (χ1v) is 33.6. The van der Waals surface area contributed by atoms with Gasteiger partial charge in [-0.3, -0.25) is 14.4 Å². The van der Waals surface area contributed by atoms with Crippen molar-refractivity contribution in [2.24, 2.45) is 0 Å². The number of hydrogen-bond acceptors (Lipinski definition) is 6. The van der Waals surface area contributed by atoms with Crippen LogP contribution >= 0.6 is 0 Å². The van der Waals surface area contributed by atoms with Gasteiger partial charge in [-0.25, -0.2) is 0 Å². The molecule has 6 heteroatoms. The Kier molecular flexibility index (Phi) is 64.9. The number of esters is 3. The Morgan fingerprint density at radius 3 is 0.699 bits per heavy atom. The zero-order valence-corrected chi connectivity index (χ0v) is 53.4. The summed E-state index contributed by atoms with van der Waals surface area (Å²) in [5.74, 6) is -0.965. The quantitative estimate of drug-likeness (QED) is 0.0261. The third-order valence-corrected chi connectivity index (χ3v) is 13.7. The van der Waals surface area contributed by atoms with Crippen molar-refractivity contribution >= 4 is 17.9 Å². The van der Waals surface area contributed by atoms with E-state index in [-0.39, 0.29) is 31.1 Å². The SMILES string of the molecule is CC/C=C\C/C=C\C/C=C\C/C=C\C/C=C\C/C=C\CCCCCCCCCCCCCCC(=O)OCC(COC(=O)CCCC/C=C\C/C=C\C/C=C\C/C=C\CC)OC(=O)CCCCCCCC/C=C\C/C=C\C/C=C\C/C=C\CC. The summed E-state index contributed by atoms with van der Waals surface area (Å²) in [5.41, 5.74) is 0. The van der Waals surface area contributed by atoms with E-state index in [1.54, 1.807) is 0 Å². The molecule has 6 nitrogen and oxygen atoms in total. The van der Waals surface area contributed by atoms with E-state index in [0.717, 1.165) is 154 Å². The maximum Gasteiger partial charge on any atom is 0.306 e. The van der Waals surface area contributed by atoms with Gasteiger partial charge >= 0.3 is 17.9 Å². The topological polar surface area (TPSA) is 78.9 Å². The summed E-state index contributed by atoms with van der Waals surface area (Å²) in [6.45, 7) is 6.25. The maximum absolute atomic E-state index is 12.9. The van der Waals surface area contributed by atoms with E-state index in [1.165, 1.54) is 77.0 Å². The molecule has 0 radical (unpaired) electrons. The molecular formula is C77H122O6. The average molecular weight is 1140 g/mol. The molecule has 0 spiro atoms. The average Bonchev–Trinajstić information content (AvgIpc) is 3.49. The second-order valence-electron chi connectivity index (χ2n) is 21.6. The second kappa shape index (κ2) is 69.3. The fourth-order valence-corrected chi connectivity index (χ4v) is 8.78. The standard InChI is InChI=1S/C77H122O6/c1-4-7-10-13-16-19-22-25-28-30-32-33-34-35-36-37-38-39-40-41-42-43-45-46-49-52-55-58-61-64-67-70-76(79)82-73-74(72-81-75(78)69-66-63-60-57-54-51-48-27-24-21-18-15-12-9-6-3)83-77(80)71-68-65-62-59-56-53-50-47-44-31-29-26-23-20-17-14-11-8-5-2/h7-12,16-21,25-29,32-33,35-36,38-39,44,47-48,54,57,74H,4-6,13-15,22-24,30-31,34,37,40-43,45-46,49-53,55-56,58-73H2,1-3H3/b10-7-,11-8-,12-9-,19-16-,20-17-,21-18-,28-25-,29-26-,33-32-,36-35-,39-38-,47-44-,48-27-,57-54-. The highest BCUT2D eigenvalue weighted by Crippen LogP contribution is 2.15. The van der Waals surface area contributed by atoms with Crippen LogP contribution in [0.25, 0.3) is 0 Å². The number of allylic oxidation sites excluding steroid dienone is 28. The van der Waals surface area contributed by atoms with Crippen molar-refractivity contribution in [3.63, 3.8) is 0 Å². The number of unbranched alkanes of at least 4 members (excludes halogenated alkanes) is 20. The fraction of sp³-hybridized carbons (Fsp3) is 0.597. The van der Waals surface area contributed by atoms with E-state index in [4.69, 9.17) is 14.2 Å². The highest BCUT2D eigenvalue weighted by molar-refractivity contribution is 5.71. The smallest absolute Gasteiger partial charge is 0.306 e. The molecule has 466 valence electrons. The van der Waals surface area contributed by atoms with Crippen LogP contribution in [0, 0.1) is 0 Å². The minimum Gasteiger partial charge on any atom is -0.462 e. The summed E-state index contributed by atoms with van der Waals surface area (Å²) >= 11 is 0. The zero-order chi connectivity index (χ0) is 59.9. The highest BCUT2D eigenvalue weighted by Gasteiger charge is 2.19. The summed E-state index contributed by atoms with van der Waals surface area (Å²) in [4.78, 5) is 38.4. The van der Waals surface area contributed by atoms with Crippen LogP contribution in [-0.4, -0.2) is 37.2 Å². The molecule has 0 saturated carbocycles. The van der Waals surface area contributed by atoms with Crippen LogP contribution in [0.1, 0.15) is 278 Å². The van der Waals surface area contributed by atoms with Crippen molar-refractivity contribution in [1.82, 2.24) is 0 Å². The van der Waals surface area contributed by atoms with Crippen LogP contribution in [0.5, 0.6) is 0 Å². The van der Waals surface area contributed by atoms with Gasteiger partial charge in [0.25, 0.3) is 0 Å².